The van der Waals surface area contributed by atoms with Crippen molar-refractivity contribution in [3.8, 4) is 0 Å². The first-order valence-electron chi connectivity index (χ1n) is 5.51. The quantitative estimate of drug-likeness (QED) is 0.566. The Labute approximate surface area is 131 Å². The number of hydrogen-bond acceptors (Lipinski definition) is 4. The first-order valence-corrected chi connectivity index (χ1v) is 6.68. The number of anilines is 2. The van der Waals surface area contributed by atoms with Gasteiger partial charge in [-0.25, -0.2) is 19.6 Å². The molecule has 0 radical (unpaired) electrons. The Balaban J connectivity index is 2.35. The van der Waals surface area contributed by atoms with E-state index >= 15 is 0 Å². The van der Waals surface area contributed by atoms with Crippen LogP contribution in [0.15, 0.2) is 28.7 Å². The standard InChI is InChI=1S/C12H8BrClF2N4O/c13-5-3-7(15)11(8(16)4-5)19-12(21)10-6(14)1-2-9(18-10)20-17/h1-4H,17H2,(H,18,20)(H,19,21). The van der Waals surface area contributed by atoms with Crippen molar-refractivity contribution < 1.29 is 13.6 Å². The molecule has 1 amide bonds. The van der Waals surface area contributed by atoms with Crippen LogP contribution in [0.1, 0.15) is 10.5 Å². The molecule has 0 aliphatic rings. The van der Waals surface area contributed by atoms with Gasteiger partial charge in [0.1, 0.15) is 17.2 Å². The number of hydrogen-bond donors (Lipinski definition) is 3. The van der Waals surface area contributed by atoms with Crippen LogP contribution in [0.25, 0.3) is 0 Å². The number of pyridine rings is 1. The van der Waals surface area contributed by atoms with Gasteiger partial charge < -0.3 is 10.7 Å². The number of carbonyl (C=O) groups excluding carboxylic acids is 1. The average molecular weight is 378 g/mol. The molecule has 1 heterocycles. The summed E-state index contributed by atoms with van der Waals surface area (Å²) in [4.78, 5) is 15.9. The predicted octanol–water partition coefficient (Wildman–Crippen LogP) is 3.31. The second-order valence-electron chi connectivity index (χ2n) is 3.87. The zero-order valence-electron chi connectivity index (χ0n) is 10.3. The average Bonchev–Trinajstić information content (AvgIpc) is 2.43. The van der Waals surface area contributed by atoms with Crippen molar-refractivity contribution in [3.05, 3.63) is 51.1 Å². The molecular weight excluding hydrogens is 370 g/mol. The van der Waals surface area contributed by atoms with E-state index < -0.39 is 23.2 Å². The zero-order valence-corrected chi connectivity index (χ0v) is 12.6. The number of rotatable bonds is 3. The van der Waals surface area contributed by atoms with E-state index in [-0.39, 0.29) is 21.0 Å². The fraction of sp³-hybridized carbons (Fsp3) is 0. The molecule has 0 bridgehead atoms. The molecule has 0 aliphatic heterocycles. The molecule has 1 aromatic heterocycles. The van der Waals surface area contributed by atoms with Crippen LogP contribution in [0.2, 0.25) is 5.02 Å². The van der Waals surface area contributed by atoms with Gasteiger partial charge in [-0.05, 0) is 24.3 Å². The number of benzene rings is 1. The van der Waals surface area contributed by atoms with Gasteiger partial charge in [-0.2, -0.15) is 0 Å². The molecule has 0 fully saturated rings. The number of halogens is 4. The van der Waals surface area contributed by atoms with E-state index in [4.69, 9.17) is 17.4 Å². The minimum atomic E-state index is -0.931. The van der Waals surface area contributed by atoms with E-state index in [0.717, 1.165) is 12.1 Å². The lowest BCUT2D eigenvalue weighted by molar-refractivity contribution is 0.102. The van der Waals surface area contributed by atoms with E-state index in [9.17, 15) is 13.6 Å². The van der Waals surface area contributed by atoms with Crippen LogP contribution in [-0.4, -0.2) is 10.9 Å². The first-order chi connectivity index (χ1) is 9.92. The summed E-state index contributed by atoms with van der Waals surface area (Å²) in [6, 6.07) is 4.87. The van der Waals surface area contributed by atoms with E-state index in [1.807, 2.05) is 0 Å². The smallest absolute Gasteiger partial charge is 0.276 e. The normalized spacial score (nSPS) is 10.3. The maximum atomic E-state index is 13.7. The summed E-state index contributed by atoms with van der Waals surface area (Å²) in [6.07, 6.45) is 0. The monoisotopic (exact) mass is 376 g/mol. The highest BCUT2D eigenvalue weighted by atomic mass is 79.9. The maximum absolute atomic E-state index is 13.7. The lowest BCUT2D eigenvalue weighted by Crippen LogP contribution is -2.18. The second kappa shape index (κ2) is 6.33. The summed E-state index contributed by atoms with van der Waals surface area (Å²) in [5.74, 6) is 2.63. The second-order valence-corrected chi connectivity index (χ2v) is 5.19. The topological polar surface area (TPSA) is 80.0 Å². The van der Waals surface area contributed by atoms with Crippen molar-refractivity contribution in [1.29, 1.82) is 0 Å². The molecule has 110 valence electrons. The molecule has 0 saturated carbocycles. The Bertz CT molecular complexity index is 691. The summed E-state index contributed by atoms with van der Waals surface area (Å²) in [5, 5.41) is 2.11. The Kier molecular flexibility index (Phi) is 4.71. The molecular formula is C12H8BrClF2N4O. The Morgan fingerprint density at radius 2 is 1.90 bits per heavy atom. The number of hydrazine groups is 1. The van der Waals surface area contributed by atoms with Gasteiger partial charge in [0, 0.05) is 4.47 Å². The highest BCUT2D eigenvalue weighted by molar-refractivity contribution is 9.10. The van der Waals surface area contributed by atoms with Crippen LogP contribution in [0.5, 0.6) is 0 Å². The van der Waals surface area contributed by atoms with E-state index in [1.54, 1.807) is 0 Å². The molecule has 0 atom stereocenters. The molecule has 0 unspecified atom stereocenters. The van der Waals surface area contributed by atoms with Gasteiger partial charge in [0.2, 0.25) is 0 Å². The van der Waals surface area contributed by atoms with Crippen LogP contribution in [0.3, 0.4) is 0 Å². The third-order valence-corrected chi connectivity index (χ3v) is 3.22. The summed E-state index contributed by atoms with van der Waals surface area (Å²) in [6.45, 7) is 0. The van der Waals surface area contributed by atoms with E-state index in [0.29, 0.717) is 0 Å². The van der Waals surface area contributed by atoms with Crippen LogP contribution in [0.4, 0.5) is 20.3 Å². The third kappa shape index (κ3) is 3.46. The molecule has 0 spiro atoms. The minimum absolute atomic E-state index is 0.0180. The first kappa shape index (κ1) is 15.6. The van der Waals surface area contributed by atoms with Gasteiger partial charge in [-0.3, -0.25) is 4.79 Å². The van der Waals surface area contributed by atoms with Crippen molar-refractivity contribution >= 4 is 44.9 Å². The number of nitrogen functional groups attached to an aromatic ring is 1. The summed E-state index contributed by atoms with van der Waals surface area (Å²) < 4.78 is 27.5. The highest BCUT2D eigenvalue weighted by Crippen LogP contribution is 2.25. The number of aromatic nitrogens is 1. The molecule has 21 heavy (non-hydrogen) atoms. The molecule has 0 saturated heterocycles. The van der Waals surface area contributed by atoms with Gasteiger partial charge in [-0.1, -0.05) is 27.5 Å². The third-order valence-electron chi connectivity index (χ3n) is 2.45. The molecule has 2 rings (SSSR count). The largest absolute Gasteiger partial charge is 0.316 e. The predicted molar refractivity (Wildman–Crippen MR) is 79.1 cm³/mol. The van der Waals surface area contributed by atoms with Gasteiger partial charge in [0.05, 0.1) is 5.02 Å². The molecule has 9 heteroatoms. The molecule has 5 nitrogen and oxygen atoms in total. The zero-order chi connectivity index (χ0) is 15.6. The fourth-order valence-corrected chi connectivity index (χ4v) is 2.11. The lowest BCUT2D eigenvalue weighted by Gasteiger charge is -2.09. The van der Waals surface area contributed by atoms with Crippen molar-refractivity contribution in [1.82, 2.24) is 4.98 Å². The van der Waals surface area contributed by atoms with Crippen molar-refractivity contribution in [2.75, 3.05) is 10.7 Å². The summed E-state index contributed by atoms with van der Waals surface area (Å²) in [5.41, 5.74) is 1.43. The van der Waals surface area contributed by atoms with E-state index in [1.165, 1.54) is 12.1 Å². The fourth-order valence-electron chi connectivity index (χ4n) is 1.52. The van der Waals surface area contributed by atoms with Crippen molar-refractivity contribution in [3.63, 3.8) is 0 Å². The lowest BCUT2D eigenvalue weighted by atomic mass is 10.2. The summed E-state index contributed by atoms with van der Waals surface area (Å²) in [7, 11) is 0. The maximum Gasteiger partial charge on any atom is 0.276 e. The SMILES string of the molecule is NNc1ccc(Cl)c(C(=O)Nc2c(F)cc(Br)cc2F)n1. The Morgan fingerprint density at radius 1 is 1.29 bits per heavy atom. The number of nitrogens with zero attached hydrogens (tertiary/aromatic N) is 1. The molecule has 4 N–H and O–H groups in total. The van der Waals surface area contributed by atoms with Gasteiger partial charge in [0.25, 0.3) is 5.91 Å². The van der Waals surface area contributed by atoms with Crippen LogP contribution >= 0.6 is 27.5 Å². The Morgan fingerprint density at radius 3 is 2.48 bits per heavy atom. The Hall–Kier alpha value is -1.77. The number of nitrogens with two attached hydrogens (primary N) is 1. The molecule has 0 aliphatic carbocycles. The minimum Gasteiger partial charge on any atom is -0.316 e. The van der Waals surface area contributed by atoms with Crippen LogP contribution < -0.4 is 16.6 Å². The van der Waals surface area contributed by atoms with Gasteiger partial charge in [0.15, 0.2) is 11.6 Å². The number of nitrogens with one attached hydrogen (secondary N) is 2. The van der Waals surface area contributed by atoms with Crippen LogP contribution in [-0.2, 0) is 0 Å². The van der Waals surface area contributed by atoms with Gasteiger partial charge in [-0.15, -0.1) is 0 Å². The number of amides is 1. The van der Waals surface area contributed by atoms with Crippen molar-refractivity contribution in [2.24, 2.45) is 5.84 Å². The van der Waals surface area contributed by atoms with Crippen LogP contribution in [0, 0.1) is 11.6 Å². The molecule has 2 aromatic rings. The van der Waals surface area contributed by atoms with Gasteiger partial charge >= 0.3 is 0 Å². The summed E-state index contributed by atoms with van der Waals surface area (Å²) >= 11 is 8.77. The molecule has 1 aromatic carbocycles. The van der Waals surface area contributed by atoms with Crippen molar-refractivity contribution in [2.45, 2.75) is 0 Å². The highest BCUT2D eigenvalue weighted by Gasteiger charge is 2.18. The number of carbonyl (C=O) groups is 1. The van der Waals surface area contributed by atoms with E-state index in [2.05, 4.69) is 31.7 Å².